The van der Waals surface area contributed by atoms with Crippen LogP contribution in [0.4, 0.5) is 15.8 Å². The molecule has 1 saturated heterocycles. The Morgan fingerprint density at radius 3 is 2.73 bits per heavy atom. The number of nitrogens with zero attached hydrogens (tertiary/aromatic N) is 3. The van der Waals surface area contributed by atoms with E-state index in [0.717, 1.165) is 0 Å². The average Bonchev–Trinajstić information content (AvgIpc) is 3.07. The fourth-order valence-electron chi connectivity index (χ4n) is 3.99. The van der Waals surface area contributed by atoms with Gasteiger partial charge in [-0.3, -0.25) is 14.4 Å². The van der Waals surface area contributed by atoms with Gasteiger partial charge in [-0.25, -0.2) is 9.38 Å². The molecule has 176 valence electrons. The van der Waals surface area contributed by atoms with E-state index in [1.807, 2.05) is 4.90 Å². The van der Waals surface area contributed by atoms with Gasteiger partial charge in [0.25, 0.3) is 11.8 Å². The Morgan fingerprint density at radius 1 is 1.33 bits per heavy atom. The van der Waals surface area contributed by atoms with Gasteiger partial charge in [-0.15, -0.1) is 0 Å². The number of ether oxygens (including phenoxy) is 1. The van der Waals surface area contributed by atoms with Crippen LogP contribution in [0.3, 0.4) is 0 Å². The number of aliphatic hydroxyl groups is 1. The maximum atomic E-state index is 14.4. The summed E-state index contributed by atoms with van der Waals surface area (Å²) < 4.78 is 19.9. The lowest BCUT2D eigenvalue weighted by Gasteiger charge is -2.31. The summed E-state index contributed by atoms with van der Waals surface area (Å²) in [6.45, 7) is 4.76. The highest BCUT2D eigenvalue weighted by molar-refractivity contribution is 6.13. The Morgan fingerprint density at radius 2 is 2.06 bits per heavy atom. The number of rotatable bonds is 6. The number of aliphatic imine (C=N–C) groups is 1. The second kappa shape index (κ2) is 9.03. The lowest BCUT2D eigenvalue weighted by molar-refractivity contribution is -0.128. The fraction of sp³-hybridized carbons (Fsp3) is 0.478. The maximum Gasteiger partial charge on any atom is 0.262 e. The van der Waals surface area contributed by atoms with Crippen molar-refractivity contribution in [3.8, 4) is 0 Å². The lowest BCUT2D eigenvalue weighted by Crippen LogP contribution is -2.42. The zero-order valence-electron chi connectivity index (χ0n) is 18.6. The molecule has 3 aliphatic rings. The van der Waals surface area contributed by atoms with E-state index in [-0.39, 0.29) is 19.0 Å². The maximum absolute atomic E-state index is 14.4. The number of hydrogen-bond donors (Lipinski definition) is 2. The van der Waals surface area contributed by atoms with Crippen molar-refractivity contribution >= 4 is 35.3 Å². The lowest BCUT2D eigenvalue weighted by atomic mass is 10.0. The quantitative estimate of drug-likeness (QED) is 0.622. The number of hydrogen-bond acceptors (Lipinski definition) is 6. The average molecular weight is 458 g/mol. The van der Waals surface area contributed by atoms with Crippen molar-refractivity contribution in [1.29, 1.82) is 0 Å². The number of amides is 3. The third-order valence-corrected chi connectivity index (χ3v) is 6.00. The number of nitrogens with one attached hydrogen (secondary N) is 1. The number of morpholine rings is 1. The molecule has 0 spiro atoms. The van der Waals surface area contributed by atoms with Gasteiger partial charge >= 0.3 is 0 Å². The Kier molecular flexibility index (Phi) is 6.31. The number of dihydropyridines is 1. The number of benzene rings is 1. The summed E-state index contributed by atoms with van der Waals surface area (Å²) in [4.78, 5) is 44.9. The van der Waals surface area contributed by atoms with Crippen LogP contribution in [0, 0.1) is 5.92 Å². The van der Waals surface area contributed by atoms with Gasteiger partial charge < -0.3 is 25.0 Å². The van der Waals surface area contributed by atoms with Gasteiger partial charge in [0, 0.05) is 31.4 Å². The Balaban J connectivity index is 1.63. The molecule has 3 amide bonds. The second-order valence-electron chi connectivity index (χ2n) is 8.90. The SMILES string of the molecule is CC(C)(O)[C@H](F)CN1Cc2cc(NC(=O)C3C=CC=NC3=O)c(N3CCOCC3)cc2C1=O. The van der Waals surface area contributed by atoms with Gasteiger partial charge in [-0.05, 0) is 37.6 Å². The van der Waals surface area contributed by atoms with Crippen LogP contribution in [-0.4, -0.2) is 78.6 Å². The Labute approximate surface area is 190 Å². The van der Waals surface area contributed by atoms with Gasteiger partial charge in [0.2, 0.25) is 5.91 Å². The van der Waals surface area contributed by atoms with Crippen LogP contribution in [0.1, 0.15) is 29.8 Å². The highest BCUT2D eigenvalue weighted by Crippen LogP contribution is 2.36. The van der Waals surface area contributed by atoms with Crippen molar-refractivity contribution in [2.75, 3.05) is 43.1 Å². The molecule has 0 bridgehead atoms. The van der Waals surface area contributed by atoms with Crippen molar-refractivity contribution in [2.45, 2.75) is 32.2 Å². The molecule has 1 aromatic rings. The summed E-state index contributed by atoms with van der Waals surface area (Å²) in [5.74, 6) is -2.43. The summed E-state index contributed by atoms with van der Waals surface area (Å²) >= 11 is 0. The van der Waals surface area contributed by atoms with E-state index in [0.29, 0.717) is 48.8 Å². The van der Waals surface area contributed by atoms with Gasteiger partial charge in [-0.2, -0.15) is 0 Å². The molecule has 33 heavy (non-hydrogen) atoms. The molecule has 4 rings (SSSR count). The number of fused-ring (bicyclic) bond motifs is 1. The van der Waals surface area contributed by atoms with Gasteiger partial charge in [0.15, 0.2) is 0 Å². The zero-order valence-corrected chi connectivity index (χ0v) is 18.6. The standard InChI is InChI=1S/C23H27FN4O5/c1-23(2,32)19(24)13-28-12-14-10-17(26-21(30)15-4-3-5-25-20(15)29)18(11-16(14)22(28)31)27-6-8-33-9-7-27/h3-5,10-11,15,19,32H,6-9,12-13H2,1-2H3,(H,26,30)/t15?,19-/m1/s1. The first-order chi connectivity index (χ1) is 15.6. The smallest absolute Gasteiger partial charge is 0.262 e. The normalized spacial score (nSPS) is 21.4. The summed E-state index contributed by atoms with van der Waals surface area (Å²) in [7, 11) is 0. The Bertz CT molecular complexity index is 1030. The van der Waals surface area contributed by atoms with Crippen LogP contribution < -0.4 is 10.2 Å². The second-order valence-corrected chi connectivity index (χ2v) is 8.90. The molecule has 1 fully saturated rings. The molecular formula is C23H27FN4O5. The topological polar surface area (TPSA) is 112 Å². The number of alkyl halides is 1. The third kappa shape index (κ3) is 4.81. The third-order valence-electron chi connectivity index (χ3n) is 6.00. The van der Waals surface area contributed by atoms with Crippen LogP contribution >= 0.6 is 0 Å². The molecule has 2 N–H and O–H groups in total. The number of halogens is 1. The first kappa shape index (κ1) is 23.1. The number of allylic oxidation sites excluding steroid dienone is 1. The number of carbonyl (C=O) groups is 3. The summed E-state index contributed by atoms with van der Waals surface area (Å²) in [5, 5.41) is 12.8. The van der Waals surface area contributed by atoms with Crippen LogP contribution in [0.2, 0.25) is 0 Å². The number of anilines is 2. The van der Waals surface area contributed by atoms with Crippen molar-refractivity contribution in [2.24, 2.45) is 10.9 Å². The van der Waals surface area contributed by atoms with E-state index < -0.39 is 29.5 Å². The van der Waals surface area contributed by atoms with E-state index >= 15 is 0 Å². The summed E-state index contributed by atoms with van der Waals surface area (Å²) in [5.41, 5.74) is 0.589. The van der Waals surface area contributed by atoms with Crippen molar-refractivity contribution in [3.63, 3.8) is 0 Å². The minimum Gasteiger partial charge on any atom is -0.387 e. The summed E-state index contributed by atoms with van der Waals surface area (Å²) in [6, 6.07) is 3.40. The van der Waals surface area contributed by atoms with Crippen LogP contribution in [0.25, 0.3) is 0 Å². The zero-order chi connectivity index (χ0) is 23.8. The minimum atomic E-state index is -1.61. The van der Waals surface area contributed by atoms with Crippen molar-refractivity contribution < 1.29 is 28.6 Å². The van der Waals surface area contributed by atoms with E-state index in [2.05, 4.69) is 10.3 Å². The highest BCUT2D eigenvalue weighted by atomic mass is 19.1. The predicted molar refractivity (Wildman–Crippen MR) is 120 cm³/mol. The van der Waals surface area contributed by atoms with E-state index in [1.54, 1.807) is 18.2 Å². The molecule has 3 aliphatic heterocycles. The molecule has 0 saturated carbocycles. The molecule has 1 aromatic carbocycles. The first-order valence-corrected chi connectivity index (χ1v) is 10.9. The van der Waals surface area contributed by atoms with Gasteiger partial charge in [0.05, 0.1) is 36.7 Å². The van der Waals surface area contributed by atoms with Crippen LogP contribution in [0.5, 0.6) is 0 Å². The number of carbonyl (C=O) groups excluding carboxylic acids is 3. The first-order valence-electron chi connectivity index (χ1n) is 10.9. The van der Waals surface area contributed by atoms with Gasteiger partial charge in [0.1, 0.15) is 12.1 Å². The molecule has 1 unspecified atom stereocenters. The van der Waals surface area contributed by atoms with Crippen molar-refractivity contribution in [3.05, 3.63) is 35.4 Å². The minimum absolute atomic E-state index is 0.156. The molecule has 0 radical (unpaired) electrons. The molecule has 0 aromatic heterocycles. The molecular weight excluding hydrogens is 431 g/mol. The molecule has 0 aliphatic carbocycles. The van der Waals surface area contributed by atoms with E-state index in [1.165, 1.54) is 31.0 Å². The Hall–Kier alpha value is -3.11. The summed E-state index contributed by atoms with van der Waals surface area (Å²) in [6.07, 6.45) is 2.75. The molecule has 2 atom stereocenters. The van der Waals surface area contributed by atoms with Gasteiger partial charge in [-0.1, -0.05) is 6.08 Å². The van der Waals surface area contributed by atoms with Crippen LogP contribution in [-0.2, 0) is 20.9 Å². The monoisotopic (exact) mass is 458 g/mol. The van der Waals surface area contributed by atoms with Crippen LogP contribution in [0.15, 0.2) is 29.3 Å². The molecule has 9 nitrogen and oxygen atoms in total. The van der Waals surface area contributed by atoms with Crippen molar-refractivity contribution in [1.82, 2.24) is 4.90 Å². The molecule has 10 heteroatoms. The van der Waals surface area contributed by atoms with E-state index in [4.69, 9.17) is 4.74 Å². The molecule has 3 heterocycles. The fourth-order valence-corrected chi connectivity index (χ4v) is 3.99. The largest absolute Gasteiger partial charge is 0.387 e. The van der Waals surface area contributed by atoms with E-state index in [9.17, 15) is 23.9 Å². The highest BCUT2D eigenvalue weighted by Gasteiger charge is 2.36. The predicted octanol–water partition coefficient (Wildman–Crippen LogP) is 1.31.